The van der Waals surface area contributed by atoms with E-state index in [2.05, 4.69) is 57.7 Å². The molecular weight excluding hydrogens is 402 g/mol. The van der Waals surface area contributed by atoms with Crippen molar-refractivity contribution in [3.8, 4) is 0 Å². The summed E-state index contributed by atoms with van der Waals surface area (Å²) in [6.45, 7) is 16.9. The van der Waals surface area contributed by atoms with Gasteiger partial charge in [-0.25, -0.2) is 0 Å². The number of aryl methyl sites for hydroxylation is 2. The van der Waals surface area contributed by atoms with E-state index in [-0.39, 0.29) is 23.0 Å². The van der Waals surface area contributed by atoms with Crippen LogP contribution in [0.4, 0.5) is 0 Å². The minimum atomic E-state index is -1.87. The predicted molar refractivity (Wildman–Crippen MR) is 129 cm³/mol. The number of hydrogen-bond acceptors (Lipinski definition) is 4. The number of carbonyl (C=O) groups excluding carboxylic acids is 1. The number of ketones is 1. The van der Waals surface area contributed by atoms with E-state index in [9.17, 15) is 4.79 Å². The molecule has 1 aliphatic heterocycles. The number of likely N-dealkylation sites (tertiary alicyclic amines) is 1. The summed E-state index contributed by atoms with van der Waals surface area (Å²) in [6.07, 6.45) is 2.04. The molecule has 31 heavy (non-hydrogen) atoms. The molecule has 1 aromatic carbocycles. The third-order valence-corrected chi connectivity index (χ3v) is 11.8. The van der Waals surface area contributed by atoms with Crippen LogP contribution in [0.1, 0.15) is 54.5 Å². The van der Waals surface area contributed by atoms with Crippen molar-refractivity contribution >= 4 is 14.1 Å². The second-order valence-corrected chi connectivity index (χ2v) is 15.3. The minimum absolute atomic E-state index is 0.173. The Hall–Kier alpha value is -1.76. The van der Waals surface area contributed by atoms with Crippen molar-refractivity contribution in [1.82, 2.24) is 14.7 Å². The topological polar surface area (TPSA) is 47.4 Å². The van der Waals surface area contributed by atoms with Gasteiger partial charge in [-0.15, -0.1) is 0 Å². The zero-order chi connectivity index (χ0) is 23.0. The maximum absolute atomic E-state index is 13.0. The fourth-order valence-electron chi connectivity index (χ4n) is 4.27. The highest BCUT2D eigenvalue weighted by Crippen LogP contribution is 2.39. The third kappa shape index (κ3) is 5.36. The molecule has 1 fully saturated rings. The van der Waals surface area contributed by atoms with Crippen LogP contribution in [0.5, 0.6) is 0 Å². The summed E-state index contributed by atoms with van der Waals surface area (Å²) in [5.41, 5.74) is 4.38. The summed E-state index contributed by atoms with van der Waals surface area (Å²) in [5, 5.41) is 4.78. The third-order valence-electron chi connectivity index (χ3n) is 7.30. The SMILES string of the molecule is Cc1nn(C)c(C)c1C[C@H]1C[C@H](O[Si](C)(C)C(C)(C)C)CN1CC(=O)c1ccccc1. The predicted octanol–water partition coefficient (Wildman–Crippen LogP) is 4.93. The van der Waals surface area contributed by atoms with Crippen LogP contribution < -0.4 is 0 Å². The Labute approximate surface area is 188 Å². The van der Waals surface area contributed by atoms with Crippen LogP contribution in [-0.2, 0) is 17.9 Å². The molecule has 5 nitrogen and oxygen atoms in total. The Kier molecular flexibility index (Phi) is 6.94. The van der Waals surface area contributed by atoms with Gasteiger partial charge < -0.3 is 4.43 Å². The molecule has 0 N–H and O–H groups in total. The lowest BCUT2D eigenvalue weighted by Gasteiger charge is -2.38. The molecule has 0 amide bonds. The number of rotatable bonds is 7. The zero-order valence-electron chi connectivity index (χ0n) is 20.5. The first kappa shape index (κ1) is 23.9. The largest absolute Gasteiger partial charge is 0.413 e. The molecular formula is C25H39N3O2Si. The number of hydrogen-bond donors (Lipinski definition) is 0. The van der Waals surface area contributed by atoms with Gasteiger partial charge in [0.25, 0.3) is 0 Å². The van der Waals surface area contributed by atoms with E-state index >= 15 is 0 Å². The zero-order valence-corrected chi connectivity index (χ0v) is 21.5. The Morgan fingerprint density at radius 3 is 2.39 bits per heavy atom. The maximum Gasteiger partial charge on any atom is 0.192 e. The smallest absolute Gasteiger partial charge is 0.192 e. The number of Topliss-reactive ketones (excluding diaryl/α,β-unsaturated/α-hetero) is 1. The first-order valence-corrected chi connectivity index (χ1v) is 14.3. The van der Waals surface area contributed by atoms with Gasteiger partial charge in [0.1, 0.15) is 0 Å². The van der Waals surface area contributed by atoms with Gasteiger partial charge in [0, 0.05) is 30.9 Å². The van der Waals surface area contributed by atoms with Crippen molar-refractivity contribution in [3.63, 3.8) is 0 Å². The molecule has 0 saturated carbocycles. The van der Waals surface area contributed by atoms with Crippen LogP contribution in [0, 0.1) is 13.8 Å². The molecule has 1 saturated heterocycles. The van der Waals surface area contributed by atoms with Crippen molar-refractivity contribution in [3.05, 3.63) is 52.8 Å². The van der Waals surface area contributed by atoms with E-state index in [4.69, 9.17) is 4.43 Å². The molecule has 1 aromatic heterocycles. The molecule has 3 rings (SSSR count). The number of aromatic nitrogens is 2. The number of nitrogens with zero attached hydrogens (tertiary/aromatic N) is 3. The van der Waals surface area contributed by atoms with Gasteiger partial charge in [0.2, 0.25) is 0 Å². The average Bonchev–Trinajstić information content (AvgIpc) is 3.15. The second kappa shape index (κ2) is 9.00. The lowest BCUT2D eigenvalue weighted by atomic mass is 10.0. The Morgan fingerprint density at radius 2 is 1.84 bits per heavy atom. The van der Waals surface area contributed by atoms with Crippen LogP contribution in [0.25, 0.3) is 0 Å². The highest BCUT2D eigenvalue weighted by atomic mass is 28.4. The van der Waals surface area contributed by atoms with Gasteiger partial charge in [-0.05, 0) is 50.4 Å². The summed E-state index contributed by atoms with van der Waals surface area (Å²) < 4.78 is 8.74. The summed E-state index contributed by atoms with van der Waals surface area (Å²) >= 11 is 0. The molecule has 170 valence electrons. The first-order valence-electron chi connectivity index (χ1n) is 11.4. The summed E-state index contributed by atoms with van der Waals surface area (Å²) in [7, 11) is 0.130. The van der Waals surface area contributed by atoms with E-state index in [0.29, 0.717) is 6.54 Å². The quantitative estimate of drug-likeness (QED) is 0.452. The highest BCUT2D eigenvalue weighted by Gasteiger charge is 2.43. The van der Waals surface area contributed by atoms with E-state index in [1.807, 2.05) is 42.1 Å². The summed E-state index contributed by atoms with van der Waals surface area (Å²) in [6, 6.07) is 9.91. The number of carbonyl (C=O) groups is 1. The van der Waals surface area contributed by atoms with Crippen LogP contribution >= 0.6 is 0 Å². The van der Waals surface area contributed by atoms with Gasteiger partial charge in [-0.2, -0.15) is 5.10 Å². The van der Waals surface area contributed by atoms with Gasteiger partial charge in [0.15, 0.2) is 14.1 Å². The van der Waals surface area contributed by atoms with E-state index < -0.39 is 8.32 Å². The van der Waals surface area contributed by atoms with Gasteiger partial charge in [0.05, 0.1) is 18.3 Å². The Bertz CT molecular complexity index is 915. The summed E-state index contributed by atoms with van der Waals surface area (Å²) in [5.74, 6) is 0.179. The fraction of sp³-hybridized carbons (Fsp3) is 0.600. The average molecular weight is 442 g/mol. The maximum atomic E-state index is 13.0. The summed E-state index contributed by atoms with van der Waals surface area (Å²) in [4.78, 5) is 15.3. The Balaban J connectivity index is 1.81. The molecule has 2 heterocycles. The molecule has 0 spiro atoms. The lowest BCUT2D eigenvalue weighted by molar-refractivity contribution is 0.0913. The van der Waals surface area contributed by atoms with Crippen molar-refractivity contribution in [2.75, 3.05) is 13.1 Å². The normalized spacial score (nSPS) is 20.4. The van der Waals surface area contributed by atoms with Crippen LogP contribution in [0.3, 0.4) is 0 Å². The molecule has 0 radical (unpaired) electrons. The van der Waals surface area contributed by atoms with Crippen LogP contribution in [0.15, 0.2) is 30.3 Å². The van der Waals surface area contributed by atoms with Gasteiger partial charge in [-0.1, -0.05) is 51.1 Å². The van der Waals surface area contributed by atoms with Crippen LogP contribution in [0.2, 0.25) is 18.1 Å². The van der Waals surface area contributed by atoms with Crippen molar-refractivity contribution in [2.45, 2.75) is 77.7 Å². The molecule has 0 bridgehead atoms. The van der Waals surface area contributed by atoms with E-state index in [0.717, 1.165) is 30.6 Å². The standard InChI is InChI=1S/C25H39N3O2Si/c1-18-23(19(2)27(6)26-18)15-21-14-22(30-31(7,8)25(3,4)5)16-28(21)17-24(29)20-12-10-9-11-13-20/h9-13,21-22H,14-17H2,1-8H3/t21-,22+/m1/s1. The molecule has 6 heteroatoms. The molecule has 1 aliphatic rings. The van der Waals surface area contributed by atoms with Gasteiger partial charge >= 0.3 is 0 Å². The Morgan fingerprint density at radius 1 is 1.19 bits per heavy atom. The number of benzene rings is 1. The fourth-order valence-corrected chi connectivity index (χ4v) is 5.63. The molecule has 2 aromatic rings. The van der Waals surface area contributed by atoms with E-state index in [1.165, 1.54) is 11.3 Å². The molecule has 2 atom stereocenters. The molecule has 0 unspecified atom stereocenters. The monoisotopic (exact) mass is 441 g/mol. The van der Waals surface area contributed by atoms with Crippen LogP contribution in [-0.4, -0.2) is 54.0 Å². The first-order chi connectivity index (χ1) is 14.4. The highest BCUT2D eigenvalue weighted by molar-refractivity contribution is 6.74. The second-order valence-electron chi connectivity index (χ2n) is 10.6. The minimum Gasteiger partial charge on any atom is -0.413 e. The lowest BCUT2D eigenvalue weighted by Crippen LogP contribution is -2.44. The van der Waals surface area contributed by atoms with E-state index in [1.54, 1.807) is 0 Å². The van der Waals surface area contributed by atoms with Crippen molar-refractivity contribution in [2.24, 2.45) is 7.05 Å². The van der Waals surface area contributed by atoms with Crippen molar-refractivity contribution in [1.29, 1.82) is 0 Å². The molecule has 0 aliphatic carbocycles. The van der Waals surface area contributed by atoms with Gasteiger partial charge in [-0.3, -0.25) is 14.4 Å². The van der Waals surface area contributed by atoms with Crippen molar-refractivity contribution < 1.29 is 9.22 Å².